The molecule has 1 aliphatic rings. The van der Waals surface area contributed by atoms with E-state index in [2.05, 4.69) is 4.74 Å². The summed E-state index contributed by atoms with van der Waals surface area (Å²) in [6.45, 7) is 0. The Hall–Kier alpha value is -1.29. The molecule has 1 aromatic rings. The van der Waals surface area contributed by atoms with Gasteiger partial charge in [-0.05, 0) is 12.1 Å². The highest BCUT2D eigenvalue weighted by Gasteiger charge is 2.28. The van der Waals surface area contributed by atoms with Gasteiger partial charge in [-0.1, -0.05) is 12.1 Å². The third kappa shape index (κ3) is 1.10. The standard InChI is InChI=1S/C8H4O3.H2S/c9-7-5-3-1-2-4-6(5)8(10)11-7;/h1-4H;1H2. The fourth-order valence-corrected chi connectivity index (χ4v) is 1.03. The first-order valence-corrected chi connectivity index (χ1v) is 3.14. The van der Waals surface area contributed by atoms with Crippen molar-refractivity contribution in [3.8, 4) is 0 Å². The molecular weight excluding hydrogens is 176 g/mol. The Bertz CT molecular complexity index is 313. The summed E-state index contributed by atoms with van der Waals surface area (Å²) in [6, 6.07) is 6.53. The van der Waals surface area contributed by atoms with Crippen LogP contribution in [-0.2, 0) is 4.74 Å². The van der Waals surface area contributed by atoms with Crippen LogP contribution in [0.5, 0.6) is 0 Å². The third-order valence-corrected chi connectivity index (χ3v) is 1.55. The first-order chi connectivity index (χ1) is 5.29. The Labute approximate surface area is 75.8 Å². The van der Waals surface area contributed by atoms with Gasteiger partial charge in [0, 0.05) is 0 Å². The highest BCUT2D eigenvalue weighted by molar-refractivity contribution is 7.59. The summed E-state index contributed by atoms with van der Waals surface area (Å²) in [5.41, 5.74) is 0.718. The monoisotopic (exact) mass is 182 g/mol. The molecule has 3 nitrogen and oxygen atoms in total. The summed E-state index contributed by atoms with van der Waals surface area (Å²) >= 11 is 0. The summed E-state index contributed by atoms with van der Waals surface area (Å²) < 4.78 is 4.35. The number of benzene rings is 1. The molecule has 0 N–H and O–H groups in total. The van der Waals surface area contributed by atoms with Gasteiger partial charge < -0.3 is 4.74 Å². The number of rotatable bonds is 0. The van der Waals surface area contributed by atoms with Gasteiger partial charge >= 0.3 is 11.9 Å². The van der Waals surface area contributed by atoms with Crippen LogP contribution in [0.15, 0.2) is 24.3 Å². The molecule has 62 valence electrons. The second kappa shape index (κ2) is 2.98. The van der Waals surface area contributed by atoms with Crippen molar-refractivity contribution in [3.05, 3.63) is 35.4 Å². The number of hydrogen-bond acceptors (Lipinski definition) is 3. The van der Waals surface area contributed by atoms with Gasteiger partial charge in [-0.2, -0.15) is 13.5 Å². The highest BCUT2D eigenvalue weighted by atomic mass is 32.1. The van der Waals surface area contributed by atoms with E-state index in [0.717, 1.165) is 0 Å². The van der Waals surface area contributed by atoms with Gasteiger partial charge in [-0.25, -0.2) is 9.59 Å². The number of carbonyl (C=O) groups is 2. The SMILES string of the molecule is O=C1OC(=O)c2ccccc21.S. The molecule has 1 aromatic carbocycles. The number of cyclic esters (lactones) is 2. The lowest BCUT2D eigenvalue weighted by molar-refractivity contribution is 0.0444. The lowest BCUT2D eigenvalue weighted by Gasteiger charge is -1.86. The molecule has 0 aromatic heterocycles. The molecule has 0 saturated carbocycles. The molecule has 0 bridgehead atoms. The van der Waals surface area contributed by atoms with Crippen molar-refractivity contribution in [1.29, 1.82) is 0 Å². The van der Waals surface area contributed by atoms with E-state index >= 15 is 0 Å². The largest absolute Gasteiger partial charge is 0.386 e. The minimum Gasteiger partial charge on any atom is -0.386 e. The first kappa shape index (κ1) is 8.80. The number of esters is 2. The Morgan fingerprint density at radius 2 is 1.33 bits per heavy atom. The van der Waals surface area contributed by atoms with Gasteiger partial charge in [0.05, 0.1) is 11.1 Å². The lowest BCUT2D eigenvalue weighted by Crippen LogP contribution is -1.96. The molecule has 0 unspecified atom stereocenters. The molecule has 0 saturated heterocycles. The maximum absolute atomic E-state index is 10.8. The predicted molar refractivity (Wildman–Crippen MR) is 46.6 cm³/mol. The summed E-state index contributed by atoms with van der Waals surface area (Å²) in [5, 5.41) is 0. The molecule has 0 fully saturated rings. The van der Waals surface area contributed by atoms with E-state index < -0.39 is 11.9 Å². The van der Waals surface area contributed by atoms with Gasteiger partial charge in [0.25, 0.3) is 0 Å². The smallest absolute Gasteiger partial charge is 0.346 e. The van der Waals surface area contributed by atoms with E-state index in [4.69, 9.17) is 0 Å². The lowest BCUT2D eigenvalue weighted by atomic mass is 10.1. The van der Waals surface area contributed by atoms with Crippen LogP contribution in [0.2, 0.25) is 0 Å². The average molecular weight is 182 g/mol. The number of hydrogen-bond donors (Lipinski definition) is 0. The zero-order valence-electron chi connectivity index (χ0n) is 6.03. The van der Waals surface area contributed by atoms with Crippen LogP contribution in [0.25, 0.3) is 0 Å². The second-order valence-corrected chi connectivity index (χ2v) is 2.22. The molecule has 2 rings (SSSR count). The molecule has 4 heteroatoms. The summed E-state index contributed by atoms with van der Waals surface area (Å²) in [6.07, 6.45) is 0. The van der Waals surface area contributed by atoms with E-state index in [0.29, 0.717) is 11.1 Å². The van der Waals surface area contributed by atoms with Crippen molar-refractivity contribution in [3.63, 3.8) is 0 Å². The van der Waals surface area contributed by atoms with Crippen LogP contribution in [-0.4, -0.2) is 11.9 Å². The average Bonchev–Trinajstić information content (AvgIpc) is 2.30. The number of carbonyl (C=O) groups excluding carboxylic acids is 2. The Morgan fingerprint density at radius 3 is 1.75 bits per heavy atom. The maximum Gasteiger partial charge on any atom is 0.346 e. The van der Waals surface area contributed by atoms with E-state index in [1.807, 2.05) is 0 Å². The first-order valence-electron chi connectivity index (χ1n) is 3.14. The fourth-order valence-electron chi connectivity index (χ4n) is 1.03. The van der Waals surface area contributed by atoms with Crippen molar-refractivity contribution in [2.45, 2.75) is 0 Å². The summed E-state index contributed by atoms with van der Waals surface area (Å²) in [5.74, 6) is -1.10. The van der Waals surface area contributed by atoms with Crippen LogP contribution < -0.4 is 0 Å². The van der Waals surface area contributed by atoms with E-state index in [-0.39, 0.29) is 13.5 Å². The van der Waals surface area contributed by atoms with Gasteiger partial charge in [0.2, 0.25) is 0 Å². The quantitative estimate of drug-likeness (QED) is 0.446. The van der Waals surface area contributed by atoms with Crippen molar-refractivity contribution in [1.82, 2.24) is 0 Å². The third-order valence-electron chi connectivity index (χ3n) is 1.55. The molecule has 0 radical (unpaired) electrons. The van der Waals surface area contributed by atoms with Crippen LogP contribution >= 0.6 is 13.5 Å². The molecular formula is C8H6O3S. The zero-order chi connectivity index (χ0) is 7.84. The van der Waals surface area contributed by atoms with Gasteiger partial charge in [-0.3, -0.25) is 0 Å². The van der Waals surface area contributed by atoms with Gasteiger partial charge in [0.15, 0.2) is 0 Å². The normalized spacial score (nSPS) is 13.3. The molecule has 12 heavy (non-hydrogen) atoms. The Balaban J connectivity index is 0.000000720. The van der Waals surface area contributed by atoms with Crippen LogP contribution in [0.4, 0.5) is 0 Å². The van der Waals surface area contributed by atoms with Crippen molar-refractivity contribution in [2.75, 3.05) is 0 Å². The van der Waals surface area contributed by atoms with Crippen LogP contribution in [0.1, 0.15) is 20.7 Å². The highest BCUT2D eigenvalue weighted by Crippen LogP contribution is 2.18. The summed E-state index contributed by atoms with van der Waals surface area (Å²) in [7, 11) is 0. The van der Waals surface area contributed by atoms with Gasteiger partial charge in [0.1, 0.15) is 0 Å². The van der Waals surface area contributed by atoms with Gasteiger partial charge in [-0.15, -0.1) is 0 Å². The van der Waals surface area contributed by atoms with Crippen LogP contribution in [0.3, 0.4) is 0 Å². The van der Waals surface area contributed by atoms with E-state index in [1.165, 1.54) is 0 Å². The van der Waals surface area contributed by atoms with Crippen molar-refractivity contribution < 1.29 is 14.3 Å². The van der Waals surface area contributed by atoms with Crippen molar-refractivity contribution in [2.24, 2.45) is 0 Å². The topological polar surface area (TPSA) is 43.4 Å². The molecule has 0 amide bonds. The predicted octanol–water partition coefficient (Wildman–Crippen LogP) is 1.11. The molecule has 1 heterocycles. The number of ether oxygens (including phenoxy) is 1. The fraction of sp³-hybridized carbons (Fsp3) is 0. The Kier molecular flexibility index (Phi) is 2.19. The van der Waals surface area contributed by atoms with E-state index in [9.17, 15) is 9.59 Å². The van der Waals surface area contributed by atoms with E-state index in [1.54, 1.807) is 24.3 Å². The molecule has 1 aliphatic heterocycles. The minimum atomic E-state index is -0.550. The maximum atomic E-state index is 10.8. The van der Waals surface area contributed by atoms with Crippen LogP contribution in [0, 0.1) is 0 Å². The summed E-state index contributed by atoms with van der Waals surface area (Å²) in [4.78, 5) is 21.7. The minimum absolute atomic E-state index is 0. The molecule has 0 spiro atoms. The Morgan fingerprint density at radius 1 is 0.917 bits per heavy atom. The van der Waals surface area contributed by atoms with Crippen molar-refractivity contribution >= 4 is 25.4 Å². The molecule has 0 aliphatic carbocycles. The molecule has 0 atom stereocenters. The second-order valence-electron chi connectivity index (χ2n) is 2.22. The zero-order valence-corrected chi connectivity index (χ0v) is 7.03. The number of fused-ring (bicyclic) bond motifs is 1.